The molecule has 1 aromatic carbocycles. The summed E-state index contributed by atoms with van der Waals surface area (Å²) in [5, 5.41) is 3.53. The van der Waals surface area contributed by atoms with Gasteiger partial charge in [0.05, 0.1) is 0 Å². The lowest BCUT2D eigenvalue weighted by Gasteiger charge is -2.09. The monoisotopic (exact) mass is 289 g/mol. The summed E-state index contributed by atoms with van der Waals surface area (Å²) in [5.74, 6) is 0. The molecule has 1 N–H and O–H groups in total. The molecular weight excluding hydrogens is 273 g/mol. The van der Waals surface area contributed by atoms with E-state index in [1.807, 2.05) is 0 Å². The number of hydrogen-bond acceptors (Lipinski definition) is 1. The van der Waals surface area contributed by atoms with Crippen LogP contribution in [0.2, 0.25) is 0 Å². The smallest absolute Gasteiger partial charge is 0.0175 e. The lowest BCUT2D eigenvalue weighted by atomic mass is 10.0. The van der Waals surface area contributed by atoms with Crippen molar-refractivity contribution >= 4 is 28.3 Å². The van der Waals surface area contributed by atoms with Crippen molar-refractivity contribution in [2.24, 2.45) is 0 Å². The number of hydrogen-bond donors (Lipinski definition) is 1. The number of aryl methyl sites for hydroxylation is 1. The molecule has 1 fully saturated rings. The van der Waals surface area contributed by atoms with Crippen LogP contribution in [0.25, 0.3) is 0 Å². The van der Waals surface area contributed by atoms with Crippen molar-refractivity contribution in [3.05, 3.63) is 34.3 Å². The van der Waals surface area contributed by atoms with Crippen LogP contribution in [0, 0.1) is 0 Å². The van der Waals surface area contributed by atoms with E-state index in [1.54, 1.807) is 0 Å². The van der Waals surface area contributed by atoms with Gasteiger partial charge in [-0.15, -0.1) is 12.4 Å². The van der Waals surface area contributed by atoms with Gasteiger partial charge in [0, 0.05) is 10.5 Å². The maximum atomic E-state index is 3.53. The first-order valence-electron chi connectivity index (χ1n) is 5.32. The zero-order chi connectivity index (χ0) is 9.80. The quantitative estimate of drug-likeness (QED) is 0.897. The Kier molecular flexibility index (Phi) is 5.65. The molecule has 3 heteroatoms. The fourth-order valence-corrected chi connectivity index (χ4v) is 2.26. The molecule has 84 valence electrons. The molecule has 1 saturated heterocycles. The van der Waals surface area contributed by atoms with Gasteiger partial charge < -0.3 is 5.32 Å². The molecule has 1 unspecified atom stereocenters. The molecule has 0 radical (unpaired) electrons. The number of rotatable bonds is 3. The molecule has 2 rings (SSSR count). The first-order chi connectivity index (χ1) is 6.84. The summed E-state index contributed by atoms with van der Waals surface area (Å²) in [4.78, 5) is 0. The molecule has 1 atom stereocenters. The molecule has 0 bridgehead atoms. The Morgan fingerprint density at radius 1 is 1.27 bits per heavy atom. The van der Waals surface area contributed by atoms with Gasteiger partial charge in [-0.1, -0.05) is 28.1 Å². The van der Waals surface area contributed by atoms with Crippen molar-refractivity contribution in [1.29, 1.82) is 0 Å². The highest BCUT2D eigenvalue weighted by Crippen LogP contribution is 2.15. The minimum atomic E-state index is 0. The molecule has 0 spiro atoms. The predicted molar refractivity (Wildman–Crippen MR) is 70.7 cm³/mol. The minimum Gasteiger partial charge on any atom is -0.314 e. The number of halogens is 2. The number of nitrogens with one attached hydrogen (secondary N) is 1. The van der Waals surface area contributed by atoms with E-state index >= 15 is 0 Å². The second kappa shape index (κ2) is 6.51. The summed E-state index contributed by atoms with van der Waals surface area (Å²) in [7, 11) is 0. The van der Waals surface area contributed by atoms with E-state index in [0.29, 0.717) is 0 Å². The zero-order valence-corrected chi connectivity index (χ0v) is 11.1. The van der Waals surface area contributed by atoms with Crippen LogP contribution in [0.5, 0.6) is 0 Å². The first kappa shape index (κ1) is 13.0. The Labute approximate surface area is 106 Å². The second-order valence-corrected chi connectivity index (χ2v) is 4.87. The highest BCUT2D eigenvalue weighted by atomic mass is 79.9. The molecule has 0 aliphatic carbocycles. The molecule has 1 aliphatic rings. The van der Waals surface area contributed by atoms with Crippen LogP contribution in [0.3, 0.4) is 0 Å². The zero-order valence-electron chi connectivity index (χ0n) is 8.71. The van der Waals surface area contributed by atoms with Crippen LogP contribution in [-0.2, 0) is 6.42 Å². The Morgan fingerprint density at radius 3 is 2.60 bits per heavy atom. The average molecular weight is 291 g/mol. The molecule has 1 aromatic rings. The van der Waals surface area contributed by atoms with E-state index in [1.165, 1.54) is 42.3 Å². The third-order valence-electron chi connectivity index (χ3n) is 2.86. The normalized spacial score (nSPS) is 19.9. The van der Waals surface area contributed by atoms with Crippen molar-refractivity contribution in [3.63, 3.8) is 0 Å². The maximum Gasteiger partial charge on any atom is 0.0175 e. The molecule has 0 amide bonds. The van der Waals surface area contributed by atoms with Crippen LogP contribution in [0.15, 0.2) is 28.7 Å². The lowest BCUT2D eigenvalue weighted by Crippen LogP contribution is -2.21. The van der Waals surface area contributed by atoms with Crippen molar-refractivity contribution < 1.29 is 0 Å². The van der Waals surface area contributed by atoms with Crippen molar-refractivity contribution in [3.8, 4) is 0 Å². The van der Waals surface area contributed by atoms with E-state index in [2.05, 4.69) is 45.5 Å². The van der Waals surface area contributed by atoms with E-state index in [0.717, 1.165) is 6.04 Å². The van der Waals surface area contributed by atoms with Gasteiger partial charge in [-0.05, 0) is 49.9 Å². The van der Waals surface area contributed by atoms with Crippen LogP contribution >= 0.6 is 28.3 Å². The molecule has 1 heterocycles. The molecule has 0 aromatic heterocycles. The van der Waals surface area contributed by atoms with Crippen molar-refractivity contribution in [1.82, 2.24) is 5.32 Å². The Bertz CT molecular complexity index is 280. The van der Waals surface area contributed by atoms with Gasteiger partial charge in [-0.3, -0.25) is 0 Å². The lowest BCUT2D eigenvalue weighted by molar-refractivity contribution is 0.559. The summed E-state index contributed by atoms with van der Waals surface area (Å²) in [6, 6.07) is 9.42. The molecule has 15 heavy (non-hydrogen) atoms. The molecule has 1 nitrogen and oxygen atoms in total. The van der Waals surface area contributed by atoms with Gasteiger partial charge in [0.1, 0.15) is 0 Å². The molecule has 1 aliphatic heterocycles. The van der Waals surface area contributed by atoms with Crippen LogP contribution < -0.4 is 5.32 Å². The summed E-state index contributed by atoms with van der Waals surface area (Å²) in [5.41, 5.74) is 1.45. The molecular formula is C12H17BrClN. The maximum absolute atomic E-state index is 3.53. The second-order valence-electron chi connectivity index (χ2n) is 3.96. The van der Waals surface area contributed by atoms with Crippen LogP contribution in [-0.4, -0.2) is 12.6 Å². The third kappa shape index (κ3) is 4.13. The van der Waals surface area contributed by atoms with Crippen LogP contribution in [0.4, 0.5) is 0 Å². The van der Waals surface area contributed by atoms with Crippen molar-refractivity contribution in [2.75, 3.05) is 6.54 Å². The first-order valence-corrected chi connectivity index (χ1v) is 6.12. The van der Waals surface area contributed by atoms with Crippen molar-refractivity contribution in [2.45, 2.75) is 31.7 Å². The van der Waals surface area contributed by atoms with Gasteiger partial charge in [0.15, 0.2) is 0 Å². The summed E-state index contributed by atoms with van der Waals surface area (Å²) >= 11 is 3.45. The van der Waals surface area contributed by atoms with E-state index in [9.17, 15) is 0 Å². The SMILES string of the molecule is Brc1ccc(CCC2CCCN2)cc1.Cl. The highest BCUT2D eigenvalue weighted by Gasteiger charge is 2.12. The molecule has 0 saturated carbocycles. The Balaban J connectivity index is 0.00000112. The fraction of sp³-hybridized carbons (Fsp3) is 0.500. The minimum absolute atomic E-state index is 0. The average Bonchev–Trinajstić information content (AvgIpc) is 2.70. The van der Waals surface area contributed by atoms with Gasteiger partial charge in [0.25, 0.3) is 0 Å². The Morgan fingerprint density at radius 2 is 2.00 bits per heavy atom. The highest BCUT2D eigenvalue weighted by molar-refractivity contribution is 9.10. The van der Waals surface area contributed by atoms with Gasteiger partial charge in [0.2, 0.25) is 0 Å². The summed E-state index contributed by atoms with van der Waals surface area (Å²) in [6.45, 7) is 1.21. The Hall–Kier alpha value is -0.0500. The number of benzene rings is 1. The largest absolute Gasteiger partial charge is 0.314 e. The van der Waals surface area contributed by atoms with E-state index in [4.69, 9.17) is 0 Å². The summed E-state index contributed by atoms with van der Waals surface area (Å²) in [6.07, 6.45) is 5.19. The van der Waals surface area contributed by atoms with Crippen LogP contribution in [0.1, 0.15) is 24.8 Å². The fourth-order valence-electron chi connectivity index (χ4n) is 2.00. The van der Waals surface area contributed by atoms with Gasteiger partial charge in [-0.25, -0.2) is 0 Å². The topological polar surface area (TPSA) is 12.0 Å². The van der Waals surface area contributed by atoms with E-state index < -0.39 is 0 Å². The third-order valence-corrected chi connectivity index (χ3v) is 3.39. The van der Waals surface area contributed by atoms with E-state index in [-0.39, 0.29) is 12.4 Å². The van der Waals surface area contributed by atoms with Gasteiger partial charge in [-0.2, -0.15) is 0 Å². The van der Waals surface area contributed by atoms with Gasteiger partial charge >= 0.3 is 0 Å². The standard InChI is InChI=1S/C12H16BrN.ClH/c13-11-6-3-10(4-7-11)5-8-12-2-1-9-14-12;/h3-4,6-7,12,14H,1-2,5,8-9H2;1H. The predicted octanol–water partition coefficient (Wildman–Crippen LogP) is 3.56. The summed E-state index contributed by atoms with van der Waals surface area (Å²) < 4.78 is 1.17.